The predicted octanol–water partition coefficient (Wildman–Crippen LogP) is 2.19. The van der Waals surface area contributed by atoms with Crippen LogP contribution in [0.4, 0.5) is 6.01 Å². The molecule has 2 aromatic rings. The van der Waals surface area contributed by atoms with E-state index >= 15 is 0 Å². The van der Waals surface area contributed by atoms with Gasteiger partial charge in [-0.25, -0.2) is 0 Å². The van der Waals surface area contributed by atoms with Crippen molar-refractivity contribution in [2.24, 2.45) is 0 Å². The molecule has 0 bridgehead atoms. The summed E-state index contributed by atoms with van der Waals surface area (Å²) in [5.74, 6) is 1.08. The summed E-state index contributed by atoms with van der Waals surface area (Å²) in [7, 11) is 1.78. The fourth-order valence-electron chi connectivity index (χ4n) is 2.30. The Hall–Kier alpha value is -1.84. The lowest BCUT2D eigenvalue weighted by molar-refractivity contribution is 0.420. The molecule has 0 amide bonds. The summed E-state index contributed by atoms with van der Waals surface area (Å²) in [4.78, 5) is 4.32. The van der Waals surface area contributed by atoms with Crippen LogP contribution in [-0.4, -0.2) is 17.2 Å². The Kier molecular flexibility index (Phi) is 2.13. The van der Waals surface area contributed by atoms with Gasteiger partial charge in [0.1, 0.15) is 0 Å². The Morgan fingerprint density at radius 2 is 2.25 bits per heavy atom. The zero-order valence-electron chi connectivity index (χ0n) is 9.10. The van der Waals surface area contributed by atoms with E-state index in [1.807, 2.05) is 0 Å². The van der Waals surface area contributed by atoms with Crippen molar-refractivity contribution >= 4 is 6.01 Å². The SMILES string of the molecule is CNc1nc(C2CCc3ccccc32)no1. The fourth-order valence-corrected chi connectivity index (χ4v) is 2.30. The number of benzene rings is 1. The van der Waals surface area contributed by atoms with E-state index in [0.29, 0.717) is 11.9 Å². The second kappa shape index (κ2) is 3.63. The summed E-state index contributed by atoms with van der Waals surface area (Å²) in [5, 5.41) is 6.87. The molecule has 0 fully saturated rings. The predicted molar refractivity (Wildman–Crippen MR) is 60.5 cm³/mol. The van der Waals surface area contributed by atoms with Crippen LogP contribution < -0.4 is 5.32 Å². The Labute approximate surface area is 93.7 Å². The minimum atomic E-state index is 0.294. The summed E-state index contributed by atoms with van der Waals surface area (Å²) in [6, 6.07) is 8.96. The number of rotatable bonds is 2. The molecule has 0 spiro atoms. The van der Waals surface area contributed by atoms with Gasteiger partial charge in [-0.05, 0) is 24.0 Å². The van der Waals surface area contributed by atoms with Gasteiger partial charge in [-0.1, -0.05) is 29.4 Å². The number of nitrogens with zero attached hydrogens (tertiary/aromatic N) is 2. The Morgan fingerprint density at radius 3 is 3.06 bits per heavy atom. The van der Waals surface area contributed by atoms with E-state index in [1.165, 1.54) is 11.1 Å². The number of fused-ring (bicyclic) bond motifs is 1. The molecule has 1 aliphatic carbocycles. The number of hydrogen-bond donors (Lipinski definition) is 1. The molecule has 0 radical (unpaired) electrons. The van der Waals surface area contributed by atoms with Crippen molar-refractivity contribution in [3.63, 3.8) is 0 Å². The highest BCUT2D eigenvalue weighted by atomic mass is 16.5. The van der Waals surface area contributed by atoms with Gasteiger partial charge >= 0.3 is 6.01 Å². The molecule has 1 heterocycles. The molecule has 1 aromatic heterocycles. The number of nitrogens with one attached hydrogen (secondary N) is 1. The van der Waals surface area contributed by atoms with E-state index in [4.69, 9.17) is 4.52 Å². The number of aryl methyl sites for hydroxylation is 1. The van der Waals surface area contributed by atoms with Crippen molar-refractivity contribution in [2.45, 2.75) is 18.8 Å². The van der Waals surface area contributed by atoms with Crippen LogP contribution in [0.25, 0.3) is 0 Å². The number of anilines is 1. The van der Waals surface area contributed by atoms with E-state index in [-0.39, 0.29) is 0 Å². The maximum Gasteiger partial charge on any atom is 0.321 e. The van der Waals surface area contributed by atoms with Gasteiger partial charge in [-0.3, -0.25) is 0 Å². The lowest BCUT2D eigenvalue weighted by Gasteiger charge is -2.05. The largest absolute Gasteiger partial charge is 0.341 e. The normalized spacial score (nSPS) is 18.4. The molecule has 4 nitrogen and oxygen atoms in total. The molecule has 1 aliphatic rings. The molecule has 1 unspecified atom stereocenters. The molecule has 1 N–H and O–H groups in total. The maximum atomic E-state index is 5.07. The molecule has 82 valence electrons. The van der Waals surface area contributed by atoms with E-state index in [0.717, 1.165) is 18.7 Å². The van der Waals surface area contributed by atoms with Gasteiger partial charge in [0.25, 0.3) is 0 Å². The minimum Gasteiger partial charge on any atom is -0.341 e. The van der Waals surface area contributed by atoms with Gasteiger partial charge in [-0.15, -0.1) is 0 Å². The minimum absolute atomic E-state index is 0.294. The van der Waals surface area contributed by atoms with E-state index in [1.54, 1.807) is 7.05 Å². The maximum absolute atomic E-state index is 5.07. The highest BCUT2D eigenvalue weighted by molar-refractivity contribution is 5.39. The first-order chi connectivity index (χ1) is 7.88. The molecule has 0 saturated heterocycles. The Bertz CT molecular complexity index is 506. The summed E-state index contributed by atoms with van der Waals surface area (Å²) in [6.45, 7) is 0. The zero-order chi connectivity index (χ0) is 11.0. The van der Waals surface area contributed by atoms with Gasteiger partial charge in [0.2, 0.25) is 0 Å². The van der Waals surface area contributed by atoms with Crippen LogP contribution in [-0.2, 0) is 6.42 Å². The summed E-state index contributed by atoms with van der Waals surface area (Å²) in [5.41, 5.74) is 2.74. The van der Waals surface area contributed by atoms with Crippen LogP contribution in [0.15, 0.2) is 28.8 Å². The van der Waals surface area contributed by atoms with E-state index in [9.17, 15) is 0 Å². The molecule has 0 saturated carbocycles. The van der Waals surface area contributed by atoms with Crippen molar-refractivity contribution in [2.75, 3.05) is 12.4 Å². The summed E-state index contributed by atoms with van der Waals surface area (Å²) in [6.07, 6.45) is 2.17. The Morgan fingerprint density at radius 1 is 1.38 bits per heavy atom. The van der Waals surface area contributed by atoms with Crippen LogP contribution in [0.2, 0.25) is 0 Å². The lowest BCUT2D eigenvalue weighted by Crippen LogP contribution is -1.99. The smallest absolute Gasteiger partial charge is 0.321 e. The van der Waals surface area contributed by atoms with Crippen molar-refractivity contribution in [3.8, 4) is 0 Å². The first-order valence-electron chi connectivity index (χ1n) is 5.47. The summed E-state index contributed by atoms with van der Waals surface area (Å²) >= 11 is 0. The molecule has 16 heavy (non-hydrogen) atoms. The van der Waals surface area contributed by atoms with Crippen molar-refractivity contribution in [1.82, 2.24) is 10.1 Å². The number of aromatic nitrogens is 2. The monoisotopic (exact) mass is 215 g/mol. The highest BCUT2D eigenvalue weighted by Crippen LogP contribution is 2.36. The van der Waals surface area contributed by atoms with Gasteiger partial charge < -0.3 is 9.84 Å². The van der Waals surface area contributed by atoms with Gasteiger partial charge in [0.05, 0.1) is 0 Å². The van der Waals surface area contributed by atoms with Crippen LogP contribution in [0.3, 0.4) is 0 Å². The molecule has 1 aromatic carbocycles. The quantitative estimate of drug-likeness (QED) is 0.834. The average Bonchev–Trinajstić information content (AvgIpc) is 2.94. The standard InChI is InChI=1S/C12H13N3O/c1-13-12-14-11(15-16-12)10-7-6-8-4-2-3-5-9(8)10/h2-5,10H,6-7H2,1H3,(H,13,14,15). The van der Waals surface area contributed by atoms with Gasteiger partial charge in [-0.2, -0.15) is 4.98 Å². The topological polar surface area (TPSA) is 51.0 Å². The molecule has 0 aliphatic heterocycles. The third-order valence-corrected chi connectivity index (χ3v) is 3.10. The first-order valence-corrected chi connectivity index (χ1v) is 5.47. The molecular formula is C12H13N3O. The third-order valence-electron chi connectivity index (χ3n) is 3.10. The molecule has 1 atom stereocenters. The van der Waals surface area contributed by atoms with Crippen LogP contribution in [0.1, 0.15) is 29.3 Å². The second-order valence-corrected chi connectivity index (χ2v) is 4.00. The van der Waals surface area contributed by atoms with E-state index in [2.05, 4.69) is 39.7 Å². The van der Waals surface area contributed by atoms with Crippen molar-refractivity contribution in [1.29, 1.82) is 0 Å². The highest BCUT2D eigenvalue weighted by Gasteiger charge is 2.27. The van der Waals surface area contributed by atoms with Crippen LogP contribution >= 0.6 is 0 Å². The van der Waals surface area contributed by atoms with Crippen molar-refractivity contribution in [3.05, 3.63) is 41.2 Å². The number of hydrogen-bond acceptors (Lipinski definition) is 4. The summed E-state index contributed by atoms with van der Waals surface area (Å²) < 4.78 is 5.07. The molecule has 3 rings (SSSR count). The van der Waals surface area contributed by atoms with Gasteiger partial charge in [0.15, 0.2) is 5.82 Å². The Balaban J connectivity index is 1.98. The molecule has 4 heteroatoms. The third kappa shape index (κ3) is 1.38. The average molecular weight is 215 g/mol. The lowest BCUT2D eigenvalue weighted by atomic mass is 10.0. The zero-order valence-corrected chi connectivity index (χ0v) is 9.10. The first kappa shape index (κ1) is 9.39. The second-order valence-electron chi connectivity index (χ2n) is 4.00. The fraction of sp³-hybridized carbons (Fsp3) is 0.333. The van der Waals surface area contributed by atoms with Crippen LogP contribution in [0, 0.1) is 0 Å². The van der Waals surface area contributed by atoms with E-state index < -0.39 is 0 Å². The van der Waals surface area contributed by atoms with Gasteiger partial charge in [0, 0.05) is 13.0 Å². The molecular weight excluding hydrogens is 202 g/mol. The van der Waals surface area contributed by atoms with Crippen molar-refractivity contribution < 1.29 is 4.52 Å². The van der Waals surface area contributed by atoms with Crippen LogP contribution in [0.5, 0.6) is 0 Å².